The highest BCUT2D eigenvalue weighted by Crippen LogP contribution is 2.44. The number of nitrogens with two attached hydrogens (primary N) is 1. The van der Waals surface area contributed by atoms with E-state index in [2.05, 4.69) is 5.32 Å². The van der Waals surface area contributed by atoms with E-state index in [1.165, 1.54) is 32.1 Å². The van der Waals surface area contributed by atoms with Crippen LogP contribution in [0, 0.1) is 11.8 Å². The summed E-state index contributed by atoms with van der Waals surface area (Å²) in [5.41, 5.74) is 6.92. The van der Waals surface area contributed by atoms with Crippen LogP contribution in [-0.4, -0.2) is 11.9 Å². The van der Waals surface area contributed by atoms with Gasteiger partial charge in [0.2, 0.25) is 5.91 Å². The van der Waals surface area contributed by atoms with Crippen molar-refractivity contribution in [2.75, 3.05) is 0 Å². The predicted molar refractivity (Wildman–Crippen MR) is 80.0 cm³/mol. The number of amides is 1. The fourth-order valence-electron chi connectivity index (χ4n) is 3.55. The van der Waals surface area contributed by atoms with Crippen molar-refractivity contribution in [3.8, 4) is 0 Å². The standard InChI is InChI=1S/C17H24N2O/c18-16(13-9-5-2-6-10-13)17(20)19-15-11-14(15)12-7-3-1-4-8-12/h2,5-6,9-10,12,14-16H,1,3-4,7-8,11,18H2,(H,19,20). The third-order valence-electron chi connectivity index (χ3n) is 4.86. The van der Waals surface area contributed by atoms with Gasteiger partial charge in [0.1, 0.15) is 6.04 Å². The quantitative estimate of drug-likeness (QED) is 0.885. The molecular formula is C17H24N2O. The number of carbonyl (C=O) groups is 1. The van der Waals surface area contributed by atoms with Gasteiger partial charge < -0.3 is 11.1 Å². The van der Waals surface area contributed by atoms with Crippen molar-refractivity contribution in [1.29, 1.82) is 0 Å². The first kappa shape index (κ1) is 13.6. The first-order valence-electron chi connectivity index (χ1n) is 7.86. The van der Waals surface area contributed by atoms with Crippen LogP contribution in [0.25, 0.3) is 0 Å². The lowest BCUT2D eigenvalue weighted by molar-refractivity contribution is -0.122. The number of rotatable bonds is 4. The Balaban J connectivity index is 1.50. The van der Waals surface area contributed by atoms with E-state index in [1.54, 1.807) is 0 Å². The molecule has 0 spiro atoms. The number of hydrogen-bond donors (Lipinski definition) is 2. The van der Waals surface area contributed by atoms with E-state index in [-0.39, 0.29) is 5.91 Å². The van der Waals surface area contributed by atoms with Gasteiger partial charge in [-0.15, -0.1) is 0 Å². The summed E-state index contributed by atoms with van der Waals surface area (Å²) in [6.07, 6.45) is 7.97. The van der Waals surface area contributed by atoms with Crippen molar-refractivity contribution in [1.82, 2.24) is 5.32 Å². The third-order valence-corrected chi connectivity index (χ3v) is 4.86. The monoisotopic (exact) mass is 272 g/mol. The summed E-state index contributed by atoms with van der Waals surface area (Å²) < 4.78 is 0. The summed E-state index contributed by atoms with van der Waals surface area (Å²) in [7, 11) is 0. The van der Waals surface area contributed by atoms with Crippen molar-refractivity contribution in [2.24, 2.45) is 17.6 Å². The predicted octanol–water partition coefficient (Wildman–Crippen LogP) is 2.77. The average molecular weight is 272 g/mol. The minimum Gasteiger partial charge on any atom is -0.351 e. The van der Waals surface area contributed by atoms with Crippen molar-refractivity contribution in [2.45, 2.75) is 50.6 Å². The van der Waals surface area contributed by atoms with Gasteiger partial charge in [-0.3, -0.25) is 4.79 Å². The van der Waals surface area contributed by atoms with Crippen molar-refractivity contribution < 1.29 is 4.79 Å². The fraction of sp³-hybridized carbons (Fsp3) is 0.588. The third kappa shape index (κ3) is 3.04. The highest BCUT2D eigenvalue weighted by atomic mass is 16.2. The highest BCUT2D eigenvalue weighted by Gasteiger charge is 2.44. The van der Waals surface area contributed by atoms with Crippen LogP contribution in [0.3, 0.4) is 0 Å². The molecule has 0 aliphatic heterocycles. The molecule has 1 aromatic carbocycles. The second-order valence-electron chi connectivity index (χ2n) is 6.30. The molecule has 3 unspecified atom stereocenters. The molecule has 20 heavy (non-hydrogen) atoms. The normalized spacial score (nSPS) is 27.9. The molecule has 3 heteroatoms. The summed E-state index contributed by atoms with van der Waals surface area (Å²) in [5.74, 6) is 1.52. The Morgan fingerprint density at radius 1 is 1.15 bits per heavy atom. The van der Waals surface area contributed by atoms with Gasteiger partial charge in [0.05, 0.1) is 0 Å². The van der Waals surface area contributed by atoms with Crippen LogP contribution in [0.2, 0.25) is 0 Å². The molecule has 0 bridgehead atoms. The smallest absolute Gasteiger partial charge is 0.241 e. The van der Waals surface area contributed by atoms with Crippen LogP contribution in [0.1, 0.15) is 50.1 Å². The summed E-state index contributed by atoms with van der Waals surface area (Å²) in [5, 5.41) is 3.14. The Labute approximate surface area is 120 Å². The Morgan fingerprint density at radius 3 is 2.55 bits per heavy atom. The van der Waals surface area contributed by atoms with E-state index >= 15 is 0 Å². The molecule has 1 amide bonds. The minimum absolute atomic E-state index is 0.0282. The van der Waals surface area contributed by atoms with Crippen molar-refractivity contribution in [3.05, 3.63) is 35.9 Å². The average Bonchev–Trinajstić information content (AvgIpc) is 3.27. The Bertz CT molecular complexity index is 453. The molecule has 2 saturated carbocycles. The maximum absolute atomic E-state index is 12.2. The Morgan fingerprint density at radius 2 is 1.85 bits per heavy atom. The van der Waals surface area contributed by atoms with Gasteiger partial charge in [-0.25, -0.2) is 0 Å². The SMILES string of the molecule is NC(C(=O)NC1CC1C1CCCCC1)c1ccccc1. The van der Waals surface area contributed by atoms with Gasteiger partial charge in [-0.1, -0.05) is 62.4 Å². The van der Waals surface area contributed by atoms with Crippen LogP contribution < -0.4 is 11.1 Å². The second kappa shape index (κ2) is 5.96. The van der Waals surface area contributed by atoms with E-state index in [9.17, 15) is 4.79 Å². The van der Waals surface area contributed by atoms with Crippen molar-refractivity contribution in [3.63, 3.8) is 0 Å². The maximum Gasteiger partial charge on any atom is 0.241 e. The summed E-state index contributed by atoms with van der Waals surface area (Å²) in [6, 6.07) is 9.44. The van der Waals surface area contributed by atoms with Gasteiger partial charge in [0.25, 0.3) is 0 Å². The van der Waals surface area contributed by atoms with E-state index in [0.29, 0.717) is 12.0 Å². The molecule has 3 atom stereocenters. The first-order valence-corrected chi connectivity index (χ1v) is 7.86. The topological polar surface area (TPSA) is 55.1 Å². The lowest BCUT2D eigenvalue weighted by Crippen LogP contribution is -2.36. The number of benzene rings is 1. The zero-order chi connectivity index (χ0) is 13.9. The minimum atomic E-state index is -0.538. The van der Waals surface area contributed by atoms with Crippen LogP contribution in [0.4, 0.5) is 0 Å². The van der Waals surface area contributed by atoms with E-state index in [1.807, 2.05) is 30.3 Å². The highest BCUT2D eigenvalue weighted by molar-refractivity contribution is 5.83. The van der Waals surface area contributed by atoms with Crippen LogP contribution >= 0.6 is 0 Å². The second-order valence-corrected chi connectivity index (χ2v) is 6.30. The van der Waals surface area contributed by atoms with Crippen LogP contribution in [0.5, 0.6) is 0 Å². The van der Waals surface area contributed by atoms with Crippen LogP contribution in [-0.2, 0) is 4.79 Å². The molecular weight excluding hydrogens is 248 g/mol. The molecule has 3 rings (SSSR count). The largest absolute Gasteiger partial charge is 0.351 e. The molecule has 2 aliphatic carbocycles. The number of nitrogens with one attached hydrogen (secondary N) is 1. The van der Waals surface area contributed by atoms with Gasteiger partial charge in [-0.05, 0) is 23.8 Å². The molecule has 0 saturated heterocycles. The Kier molecular flexibility index (Phi) is 4.06. The fourth-order valence-corrected chi connectivity index (χ4v) is 3.55. The molecule has 0 aromatic heterocycles. The zero-order valence-corrected chi connectivity index (χ0v) is 11.9. The summed E-state index contributed by atoms with van der Waals surface area (Å²) >= 11 is 0. The van der Waals surface area contributed by atoms with Gasteiger partial charge in [0.15, 0.2) is 0 Å². The van der Waals surface area contributed by atoms with E-state index in [4.69, 9.17) is 5.73 Å². The molecule has 3 nitrogen and oxygen atoms in total. The summed E-state index contributed by atoms with van der Waals surface area (Å²) in [6.45, 7) is 0. The zero-order valence-electron chi connectivity index (χ0n) is 11.9. The first-order chi connectivity index (χ1) is 9.75. The summed E-state index contributed by atoms with van der Waals surface area (Å²) in [4.78, 5) is 12.2. The lowest BCUT2D eigenvalue weighted by atomic mass is 9.85. The Hall–Kier alpha value is -1.35. The molecule has 0 radical (unpaired) electrons. The number of carbonyl (C=O) groups excluding carboxylic acids is 1. The molecule has 1 aromatic rings. The molecule has 2 aliphatic rings. The molecule has 0 heterocycles. The molecule has 108 valence electrons. The molecule has 3 N–H and O–H groups in total. The van der Waals surface area contributed by atoms with Gasteiger partial charge in [0, 0.05) is 6.04 Å². The van der Waals surface area contributed by atoms with Crippen LogP contribution in [0.15, 0.2) is 30.3 Å². The van der Waals surface area contributed by atoms with Gasteiger partial charge in [-0.2, -0.15) is 0 Å². The van der Waals surface area contributed by atoms with E-state index in [0.717, 1.165) is 17.9 Å². The number of hydrogen-bond acceptors (Lipinski definition) is 2. The van der Waals surface area contributed by atoms with Crippen molar-refractivity contribution >= 4 is 5.91 Å². The lowest BCUT2D eigenvalue weighted by Gasteiger charge is -2.22. The maximum atomic E-state index is 12.2. The van der Waals surface area contributed by atoms with E-state index < -0.39 is 6.04 Å². The molecule has 2 fully saturated rings. The van der Waals surface area contributed by atoms with Gasteiger partial charge >= 0.3 is 0 Å².